The summed E-state index contributed by atoms with van der Waals surface area (Å²) in [6.07, 6.45) is 2.20. The molecule has 1 heterocycles. The van der Waals surface area contributed by atoms with Gasteiger partial charge in [0.25, 0.3) is 0 Å². The average Bonchev–Trinajstić information content (AvgIpc) is 3.50. The van der Waals surface area contributed by atoms with Crippen molar-refractivity contribution in [2.45, 2.75) is 43.5 Å². The SMILES string of the molecule is COc1ccc(C(C)=O)cc1CSc1nnc(C2CC2)n1-c1cccc(NC(C)=O)c1. The van der Waals surface area contributed by atoms with Crippen molar-refractivity contribution in [2.75, 3.05) is 12.4 Å². The molecule has 0 atom stereocenters. The standard InChI is InChI=1S/C23H24N4O3S/c1-14(28)17-9-10-21(30-3)18(11-17)13-31-23-26-25-22(16-7-8-16)27(23)20-6-4-5-19(12-20)24-15(2)29/h4-6,9-12,16H,7-8,13H2,1-3H3,(H,24,29). The molecular weight excluding hydrogens is 412 g/mol. The molecule has 31 heavy (non-hydrogen) atoms. The maximum Gasteiger partial charge on any atom is 0.221 e. The summed E-state index contributed by atoms with van der Waals surface area (Å²) in [4.78, 5) is 23.3. The normalized spacial score (nSPS) is 13.1. The monoisotopic (exact) mass is 436 g/mol. The third-order valence-electron chi connectivity index (χ3n) is 5.07. The number of thioether (sulfide) groups is 1. The maximum atomic E-state index is 11.8. The number of aromatic nitrogens is 3. The summed E-state index contributed by atoms with van der Waals surface area (Å²) in [6, 6.07) is 13.1. The van der Waals surface area contributed by atoms with E-state index in [1.807, 2.05) is 36.4 Å². The highest BCUT2D eigenvalue weighted by molar-refractivity contribution is 7.98. The molecule has 160 valence electrons. The average molecular weight is 437 g/mol. The Hall–Kier alpha value is -3.13. The summed E-state index contributed by atoms with van der Waals surface area (Å²) < 4.78 is 7.55. The second kappa shape index (κ2) is 8.93. The minimum atomic E-state index is -0.115. The lowest BCUT2D eigenvalue weighted by atomic mass is 10.1. The molecule has 1 amide bonds. The fourth-order valence-corrected chi connectivity index (χ4v) is 4.34. The first-order chi connectivity index (χ1) is 15.0. The van der Waals surface area contributed by atoms with Crippen LogP contribution >= 0.6 is 11.8 Å². The zero-order valence-electron chi connectivity index (χ0n) is 17.7. The van der Waals surface area contributed by atoms with Crippen LogP contribution in [0, 0.1) is 0 Å². The van der Waals surface area contributed by atoms with Gasteiger partial charge in [0.05, 0.1) is 12.8 Å². The molecule has 1 N–H and O–H groups in total. The predicted octanol–water partition coefficient (Wildman–Crippen LogP) is 4.61. The van der Waals surface area contributed by atoms with Crippen LogP contribution in [0.5, 0.6) is 5.75 Å². The number of methoxy groups -OCH3 is 1. The van der Waals surface area contributed by atoms with Gasteiger partial charge in [0.1, 0.15) is 11.6 Å². The van der Waals surface area contributed by atoms with Gasteiger partial charge in [-0.3, -0.25) is 14.2 Å². The highest BCUT2D eigenvalue weighted by Crippen LogP contribution is 2.42. The van der Waals surface area contributed by atoms with Gasteiger partial charge in [-0.2, -0.15) is 0 Å². The lowest BCUT2D eigenvalue weighted by molar-refractivity contribution is -0.114. The summed E-state index contributed by atoms with van der Waals surface area (Å²) in [7, 11) is 1.62. The number of hydrogen-bond donors (Lipinski definition) is 1. The number of ether oxygens (including phenoxy) is 1. The van der Waals surface area contributed by atoms with E-state index in [2.05, 4.69) is 20.1 Å². The highest BCUT2D eigenvalue weighted by Gasteiger charge is 2.31. The number of benzene rings is 2. The van der Waals surface area contributed by atoms with E-state index in [-0.39, 0.29) is 11.7 Å². The number of ketones is 1. The number of rotatable bonds is 8. The lowest BCUT2D eigenvalue weighted by Gasteiger charge is -2.13. The number of amides is 1. The number of carbonyl (C=O) groups is 2. The molecule has 1 saturated carbocycles. The molecular formula is C23H24N4O3S. The number of carbonyl (C=O) groups excluding carboxylic acids is 2. The van der Waals surface area contributed by atoms with Crippen LogP contribution in [-0.4, -0.2) is 33.6 Å². The Morgan fingerprint density at radius 1 is 1.16 bits per heavy atom. The van der Waals surface area contributed by atoms with E-state index in [4.69, 9.17) is 4.74 Å². The van der Waals surface area contributed by atoms with Crippen molar-refractivity contribution < 1.29 is 14.3 Å². The summed E-state index contributed by atoms with van der Waals surface area (Å²) >= 11 is 1.54. The molecule has 0 spiro atoms. The highest BCUT2D eigenvalue weighted by atomic mass is 32.2. The molecule has 8 heteroatoms. The molecule has 0 aliphatic heterocycles. The third kappa shape index (κ3) is 4.80. The van der Waals surface area contributed by atoms with Crippen molar-refractivity contribution in [1.29, 1.82) is 0 Å². The van der Waals surface area contributed by atoms with Gasteiger partial charge in [0.2, 0.25) is 5.91 Å². The van der Waals surface area contributed by atoms with E-state index in [1.54, 1.807) is 31.9 Å². The van der Waals surface area contributed by atoms with E-state index in [0.29, 0.717) is 17.2 Å². The van der Waals surface area contributed by atoms with E-state index in [0.717, 1.165) is 46.5 Å². The zero-order valence-corrected chi connectivity index (χ0v) is 18.5. The first kappa shape index (κ1) is 21.1. The van der Waals surface area contributed by atoms with Crippen molar-refractivity contribution in [3.8, 4) is 11.4 Å². The topological polar surface area (TPSA) is 86.1 Å². The minimum absolute atomic E-state index is 0.0166. The molecule has 0 radical (unpaired) electrons. The first-order valence-corrected chi connectivity index (χ1v) is 11.1. The summed E-state index contributed by atoms with van der Waals surface area (Å²) in [5.41, 5.74) is 3.21. The second-order valence-corrected chi connectivity index (χ2v) is 8.50. The number of anilines is 1. The smallest absolute Gasteiger partial charge is 0.221 e. The largest absolute Gasteiger partial charge is 0.496 e. The van der Waals surface area contributed by atoms with Crippen molar-refractivity contribution in [3.05, 3.63) is 59.4 Å². The zero-order chi connectivity index (χ0) is 22.0. The van der Waals surface area contributed by atoms with Crippen LogP contribution < -0.4 is 10.1 Å². The van der Waals surface area contributed by atoms with Crippen molar-refractivity contribution in [3.63, 3.8) is 0 Å². The van der Waals surface area contributed by atoms with Crippen LogP contribution in [0.4, 0.5) is 5.69 Å². The molecule has 1 aromatic heterocycles. The van der Waals surface area contributed by atoms with Gasteiger partial charge in [-0.15, -0.1) is 10.2 Å². The first-order valence-electron chi connectivity index (χ1n) is 10.1. The Morgan fingerprint density at radius 3 is 2.65 bits per heavy atom. The summed E-state index contributed by atoms with van der Waals surface area (Å²) in [5.74, 6) is 2.56. The van der Waals surface area contributed by atoms with Crippen molar-refractivity contribution in [1.82, 2.24) is 14.8 Å². The van der Waals surface area contributed by atoms with Gasteiger partial charge in [-0.05, 0) is 56.2 Å². The van der Waals surface area contributed by atoms with E-state index in [9.17, 15) is 9.59 Å². The lowest BCUT2D eigenvalue weighted by Crippen LogP contribution is -2.07. The molecule has 1 aliphatic carbocycles. The fraction of sp³-hybridized carbons (Fsp3) is 0.304. The molecule has 2 aromatic carbocycles. The minimum Gasteiger partial charge on any atom is -0.496 e. The Kier molecular flexibility index (Phi) is 6.08. The van der Waals surface area contributed by atoms with Gasteiger partial charge in [-0.25, -0.2) is 0 Å². The molecule has 7 nitrogen and oxygen atoms in total. The van der Waals surface area contributed by atoms with Gasteiger partial charge < -0.3 is 10.1 Å². The fourth-order valence-electron chi connectivity index (χ4n) is 3.40. The van der Waals surface area contributed by atoms with Crippen LogP contribution in [0.25, 0.3) is 5.69 Å². The number of nitrogens with one attached hydrogen (secondary N) is 1. The van der Waals surface area contributed by atoms with Crippen LogP contribution in [-0.2, 0) is 10.5 Å². The number of hydrogen-bond acceptors (Lipinski definition) is 6. The van der Waals surface area contributed by atoms with E-state index < -0.39 is 0 Å². The quantitative estimate of drug-likeness (QED) is 0.410. The van der Waals surface area contributed by atoms with Crippen molar-refractivity contribution in [2.24, 2.45) is 0 Å². The van der Waals surface area contributed by atoms with Gasteiger partial charge in [-0.1, -0.05) is 17.8 Å². The Labute approximate surface area is 185 Å². The predicted molar refractivity (Wildman–Crippen MR) is 120 cm³/mol. The van der Waals surface area contributed by atoms with Crippen LogP contribution in [0.15, 0.2) is 47.6 Å². The summed E-state index contributed by atoms with van der Waals surface area (Å²) in [5, 5.41) is 12.5. The summed E-state index contributed by atoms with van der Waals surface area (Å²) in [6.45, 7) is 3.05. The van der Waals surface area contributed by atoms with Gasteiger partial charge in [0, 0.05) is 35.4 Å². The van der Waals surface area contributed by atoms with Crippen LogP contribution in [0.1, 0.15) is 54.4 Å². The Bertz CT molecular complexity index is 1140. The Morgan fingerprint density at radius 2 is 1.97 bits per heavy atom. The molecule has 4 rings (SSSR count). The molecule has 1 aliphatic rings. The van der Waals surface area contributed by atoms with E-state index in [1.165, 1.54) is 6.92 Å². The third-order valence-corrected chi connectivity index (χ3v) is 6.05. The van der Waals surface area contributed by atoms with Crippen molar-refractivity contribution >= 4 is 29.1 Å². The van der Waals surface area contributed by atoms with Gasteiger partial charge >= 0.3 is 0 Å². The molecule has 0 unspecified atom stereocenters. The second-order valence-electron chi connectivity index (χ2n) is 7.55. The molecule has 3 aromatic rings. The van der Waals surface area contributed by atoms with Gasteiger partial charge in [0.15, 0.2) is 10.9 Å². The Balaban J connectivity index is 1.66. The molecule has 0 bridgehead atoms. The van der Waals surface area contributed by atoms with Crippen LogP contribution in [0.2, 0.25) is 0 Å². The number of nitrogens with zero attached hydrogens (tertiary/aromatic N) is 3. The van der Waals surface area contributed by atoms with E-state index >= 15 is 0 Å². The molecule has 0 saturated heterocycles. The number of Topliss-reactive ketones (excluding diaryl/α,β-unsaturated/α-hetero) is 1. The van der Waals surface area contributed by atoms with Crippen LogP contribution in [0.3, 0.4) is 0 Å². The molecule has 1 fully saturated rings. The maximum absolute atomic E-state index is 11.8.